The summed E-state index contributed by atoms with van der Waals surface area (Å²) in [4.78, 5) is 17.7. The molecule has 206 valence electrons. The fourth-order valence-corrected chi connectivity index (χ4v) is 5.05. The number of fused-ring (bicyclic) bond motifs is 1. The molecule has 0 spiro atoms. The number of ether oxygens (including phenoxy) is 1. The normalized spacial score (nSPS) is 11.6. The predicted octanol–water partition coefficient (Wildman–Crippen LogP) is 4.88. The smallest absolute Gasteiger partial charge is 0.167 e. The number of sulfone groups is 1. The van der Waals surface area contributed by atoms with E-state index in [0.29, 0.717) is 52.4 Å². The van der Waals surface area contributed by atoms with Gasteiger partial charge in [0.1, 0.15) is 39.4 Å². The number of benzene rings is 2. The van der Waals surface area contributed by atoms with Gasteiger partial charge in [0.05, 0.1) is 28.9 Å². The number of aromatic nitrogens is 4. The van der Waals surface area contributed by atoms with Gasteiger partial charge in [-0.05, 0) is 35.9 Å². The Labute approximate surface area is 233 Å². The van der Waals surface area contributed by atoms with Crippen LogP contribution in [0.3, 0.4) is 0 Å². The van der Waals surface area contributed by atoms with Crippen molar-refractivity contribution in [2.45, 2.75) is 13.2 Å². The van der Waals surface area contributed by atoms with E-state index in [-0.39, 0.29) is 23.9 Å². The molecule has 0 aliphatic carbocycles. The minimum absolute atomic E-state index is 0.0306. The first-order valence-electron chi connectivity index (χ1n) is 12.1. The molecule has 9 nitrogen and oxygen atoms in total. The summed E-state index contributed by atoms with van der Waals surface area (Å²) in [5, 5.41) is 9.54. The van der Waals surface area contributed by atoms with Crippen molar-refractivity contribution < 1.29 is 21.9 Å². The second kappa shape index (κ2) is 12.0. The van der Waals surface area contributed by atoms with Gasteiger partial charge in [0.2, 0.25) is 0 Å². The molecule has 0 unspecified atom stereocenters. The maximum absolute atomic E-state index is 14.8. The Kier molecular flexibility index (Phi) is 8.24. The predicted molar refractivity (Wildman–Crippen MR) is 150 cm³/mol. The molecule has 40 heavy (non-hydrogen) atoms. The van der Waals surface area contributed by atoms with E-state index in [1.807, 2.05) is 5.38 Å². The van der Waals surface area contributed by atoms with E-state index < -0.39 is 15.7 Å². The lowest BCUT2D eigenvalue weighted by atomic mass is 10.2. The van der Waals surface area contributed by atoms with Gasteiger partial charge in [0, 0.05) is 41.9 Å². The minimum Gasteiger partial charge on any atom is -0.486 e. The molecule has 0 fully saturated rings. The highest BCUT2D eigenvalue weighted by atomic mass is 32.2. The summed E-state index contributed by atoms with van der Waals surface area (Å²) in [6.07, 6.45) is 4.21. The molecule has 0 amide bonds. The molecular formula is C27H24F2N6O3S2. The number of nitrogens with one attached hydrogen (secondary N) is 2. The Balaban J connectivity index is 1.29. The molecular weight excluding hydrogens is 558 g/mol. The number of hydrogen-bond donors (Lipinski definition) is 2. The number of anilines is 2. The third kappa shape index (κ3) is 7.11. The second-order valence-electron chi connectivity index (χ2n) is 8.93. The van der Waals surface area contributed by atoms with Crippen LogP contribution in [0.4, 0.5) is 20.3 Å². The fourth-order valence-electron chi connectivity index (χ4n) is 3.78. The molecule has 3 heterocycles. The number of rotatable bonds is 11. The Morgan fingerprint density at radius 1 is 1.02 bits per heavy atom. The lowest BCUT2D eigenvalue weighted by Gasteiger charge is -2.11. The number of halogens is 2. The summed E-state index contributed by atoms with van der Waals surface area (Å²) in [6, 6.07) is 12.2. The summed E-state index contributed by atoms with van der Waals surface area (Å²) in [6.45, 7) is 0.815. The van der Waals surface area contributed by atoms with Gasteiger partial charge in [-0.15, -0.1) is 11.3 Å². The fraction of sp³-hybridized carbons (Fsp3) is 0.185. The van der Waals surface area contributed by atoms with Gasteiger partial charge >= 0.3 is 0 Å². The lowest BCUT2D eigenvalue weighted by molar-refractivity contribution is 0.290. The van der Waals surface area contributed by atoms with Crippen LogP contribution >= 0.6 is 11.3 Å². The van der Waals surface area contributed by atoms with Gasteiger partial charge in [-0.2, -0.15) is 0 Å². The quantitative estimate of drug-likeness (QED) is 0.210. The molecule has 0 saturated heterocycles. The molecule has 2 aromatic carbocycles. The number of nitrogens with zero attached hydrogens (tertiary/aromatic N) is 4. The summed E-state index contributed by atoms with van der Waals surface area (Å²) in [7, 11) is -3.03. The first-order valence-corrected chi connectivity index (χ1v) is 15.1. The van der Waals surface area contributed by atoms with Crippen molar-refractivity contribution in [1.29, 1.82) is 0 Å². The largest absolute Gasteiger partial charge is 0.486 e. The standard InChI is InChI=1S/C27H24F2N6O3S2/c1-40(36,37)8-7-30-13-26-35-24(15-39-26)22-11-20-23(12-31-22)32-16-33-27(20)34-19-5-6-25(21(29)10-19)38-14-17-3-2-4-18(28)9-17/h2-6,9-12,15-16,30H,7-8,13-14H2,1H3,(H,32,33,34). The molecule has 0 aliphatic rings. The summed E-state index contributed by atoms with van der Waals surface area (Å²) < 4.78 is 56.3. The maximum Gasteiger partial charge on any atom is 0.167 e. The molecule has 5 aromatic rings. The van der Waals surface area contributed by atoms with E-state index in [9.17, 15) is 17.2 Å². The van der Waals surface area contributed by atoms with E-state index in [1.54, 1.807) is 30.5 Å². The molecule has 2 N–H and O–H groups in total. The molecule has 13 heteroatoms. The molecule has 0 aliphatic heterocycles. The van der Waals surface area contributed by atoms with Crippen molar-refractivity contribution in [3.8, 4) is 17.1 Å². The van der Waals surface area contributed by atoms with Gasteiger partial charge in [0.15, 0.2) is 11.6 Å². The third-order valence-electron chi connectivity index (χ3n) is 5.74. The zero-order chi connectivity index (χ0) is 28.1. The van der Waals surface area contributed by atoms with Crippen LogP contribution in [-0.2, 0) is 23.0 Å². The Morgan fingerprint density at radius 3 is 2.70 bits per heavy atom. The highest BCUT2D eigenvalue weighted by molar-refractivity contribution is 7.90. The number of hydrogen-bond acceptors (Lipinski definition) is 10. The first kappa shape index (κ1) is 27.5. The Bertz CT molecular complexity index is 1760. The van der Waals surface area contributed by atoms with Gasteiger partial charge in [-0.1, -0.05) is 12.1 Å². The first-order chi connectivity index (χ1) is 19.2. The SMILES string of the molecule is CS(=O)(=O)CCNCc1nc(-c2cc3c(Nc4ccc(OCc5cccc(F)c5)c(F)c4)ncnc3cn2)cs1. The molecule has 0 saturated carbocycles. The Hall–Kier alpha value is -4.07. The van der Waals surface area contributed by atoms with Crippen LogP contribution in [-0.4, -0.2) is 46.9 Å². The van der Waals surface area contributed by atoms with Crippen LogP contribution in [0.5, 0.6) is 5.75 Å². The monoisotopic (exact) mass is 582 g/mol. The van der Waals surface area contributed by atoms with E-state index in [2.05, 4.69) is 30.6 Å². The van der Waals surface area contributed by atoms with Crippen molar-refractivity contribution in [3.05, 3.63) is 88.6 Å². The van der Waals surface area contributed by atoms with Crippen molar-refractivity contribution in [2.75, 3.05) is 23.9 Å². The minimum atomic E-state index is -3.03. The lowest BCUT2D eigenvalue weighted by Crippen LogP contribution is -2.21. The maximum atomic E-state index is 14.8. The molecule has 0 bridgehead atoms. The topological polar surface area (TPSA) is 119 Å². The molecule has 0 radical (unpaired) electrons. The highest BCUT2D eigenvalue weighted by Gasteiger charge is 2.12. The molecule has 5 rings (SSSR count). The molecule has 0 atom stereocenters. The van der Waals surface area contributed by atoms with Gasteiger partial charge in [-0.25, -0.2) is 32.2 Å². The third-order valence-corrected chi connectivity index (χ3v) is 7.53. The van der Waals surface area contributed by atoms with E-state index in [1.165, 1.54) is 48.2 Å². The van der Waals surface area contributed by atoms with Gasteiger partial charge < -0.3 is 15.4 Å². The van der Waals surface area contributed by atoms with Crippen molar-refractivity contribution in [2.24, 2.45) is 0 Å². The summed E-state index contributed by atoms with van der Waals surface area (Å²) >= 11 is 1.44. The van der Waals surface area contributed by atoms with Gasteiger partial charge in [0.25, 0.3) is 0 Å². The highest BCUT2D eigenvalue weighted by Crippen LogP contribution is 2.29. The van der Waals surface area contributed by atoms with Crippen LogP contribution in [0, 0.1) is 11.6 Å². The van der Waals surface area contributed by atoms with Crippen LogP contribution in [0.2, 0.25) is 0 Å². The van der Waals surface area contributed by atoms with Crippen molar-refractivity contribution in [3.63, 3.8) is 0 Å². The Morgan fingerprint density at radius 2 is 1.90 bits per heavy atom. The second-order valence-corrected chi connectivity index (χ2v) is 12.1. The zero-order valence-corrected chi connectivity index (χ0v) is 22.9. The van der Waals surface area contributed by atoms with E-state index in [4.69, 9.17) is 4.74 Å². The zero-order valence-electron chi connectivity index (χ0n) is 21.3. The van der Waals surface area contributed by atoms with Crippen LogP contribution in [0.15, 0.2) is 66.4 Å². The van der Waals surface area contributed by atoms with E-state index >= 15 is 0 Å². The average Bonchev–Trinajstić information content (AvgIpc) is 3.39. The van der Waals surface area contributed by atoms with Crippen LogP contribution in [0.25, 0.3) is 22.3 Å². The average molecular weight is 583 g/mol. The van der Waals surface area contributed by atoms with Crippen LogP contribution < -0.4 is 15.4 Å². The molecule has 3 aromatic heterocycles. The van der Waals surface area contributed by atoms with Crippen molar-refractivity contribution >= 4 is 43.6 Å². The van der Waals surface area contributed by atoms with Crippen LogP contribution in [0.1, 0.15) is 10.6 Å². The number of thiazole rings is 1. The number of pyridine rings is 1. The van der Waals surface area contributed by atoms with E-state index in [0.717, 1.165) is 5.01 Å². The van der Waals surface area contributed by atoms with Gasteiger partial charge in [-0.3, -0.25) is 4.98 Å². The van der Waals surface area contributed by atoms with Crippen molar-refractivity contribution in [1.82, 2.24) is 25.3 Å². The summed E-state index contributed by atoms with van der Waals surface area (Å²) in [5.41, 5.74) is 2.90. The summed E-state index contributed by atoms with van der Waals surface area (Å²) in [5.74, 6) is -0.409.